The van der Waals surface area contributed by atoms with E-state index in [0.717, 1.165) is 36.5 Å². The molecule has 1 aliphatic rings. The van der Waals surface area contributed by atoms with Crippen molar-refractivity contribution in [1.29, 1.82) is 0 Å². The lowest BCUT2D eigenvalue weighted by atomic mass is 10.2. The molecule has 2 N–H and O–H groups in total. The number of primary amides is 1. The van der Waals surface area contributed by atoms with Gasteiger partial charge in [-0.3, -0.25) is 9.69 Å². The summed E-state index contributed by atoms with van der Waals surface area (Å²) in [6, 6.07) is 1.89. The van der Waals surface area contributed by atoms with Crippen LogP contribution in [-0.4, -0.2) is 48.0 Å². The lowest BCUT2D eigenvalue weighted by molar-refractivity contribution is -0.122. The van der Waals surface area contributed by atoms with E-state index in [4.69, 9.17) is 5.73 Å². The second-order valence-electron chi connectivity index (χ2n) is 4.89. The van der Waals surface area contributed by atoms with Gasteiger partial charge in [0.05, 0.1) is 6.04 Å². The summed E-state index contributed by atoms with van der Waals surface area (Å²) in [5.74, 6) is 0.734. The molecule has 0 aromatic carbocycles. The molecule has 2 heterocycles. The molecule has 2 rings (SSSR count). The van der Waals surface area contributed by atoms with Crippen LogP contribution < -0.4 is 10.6 Å². The van der Waals surface area contributed by atoms with Gasteiger partial charge >= 0.3 is 0 Å². The van der Waals surface area contributed by atoms with Crippen LogP contribution in [0, 0.1) is 6.92 Å². The molecule has 1 aliphatic heterocycles. The SMILES string of the molecule is Cc1cc(N2CCN([C@@H](C)C(N)=O)CC2)ncc1Br. The van der Waals surface area contributed by atoms with Crippen molar-refractivity contribution in [3.05, 3.63) is 22.3 Å². The third kappa shape index (κ3) is 3.25. The molecular formula is C13H19BrN4O. The molecule has 0 bridgehead atoms. The fourth-order valence-corrected chi connectivity index (χ4v) is 2.43. The van der Waals surface area contributed by atoms with Crippen molar-refractivity contribution in [1.82, 2.24) is 9.88 Å². The lowest BCUT2D eigenvalue weighted by Crippen LogP contribution is -2.53. The monoisotopic (exact) mass is 326 g/mol. The molecule has 1 aromatic rings. The van der Waals surface area contributed by atoms with Crippen molar-refractivity contribution in [3.8, 4) is 0 Å². The quantitative estimate of drug-likeness (QED) is 0.905. The Labute approximate surface area is 121 Å². The zero-order valence-electron chi connectivity index (χ0n) is 11.3. The summed E-state index contributed by atoms with van der Waals surface area (Å²) in [5.41, 5.74) is 6.52. The number of carbonyl (C=O) groups excluding carboxylic acids is 1. The summed E-state index contributed by atoms with van der Waals surface area (Å²) in [7, 11) is 0. The van der Waals surface area contributed by atoms with Crippen LogP contribution in [0.25, 0.3) is 0 Å². The molecule has 0 radical (unpaired) electrons. The average molecular weight is 327 g/mol. The Bertz CT molecular complexity index is 472. The minimum atomic E-state index is -0.258. The van der Waals surface area contributed by atoms with Crippen LogP contribution in [0.2, 0.25) is 0 Å². The number of aromatic nitrogens is 1. The predicted molar refractivity (Wildman–Crippen MR) is 79.1 cm³/mol. The third-order valence-electron chi connectivity index (χ3n) is 3.63. The molecule has 0 spiro atoms. The van der Waals surface area contributed by atoms with Crippen molar-refractivity contribution in [2.45, 2.75) is 19.9 Å². The molecule has 104 valence electrons. The summed E-state index contributed by atoms with van der Waals surface area (Å²) in [5, 5.41) is 0. The van der Waals surface area contributed by atoms with Crippen LogP contribution in [0.1, 0.15) is 12.5 Å². The van der Waals surface area contributed by atoms with Gasteiger partial charge in [0.2, 0.25) is 5.91 Å². The Morgan fingerprint density at radius 1 is 1.42 bits per heavy atom. The summed E-state index contributed by atoms with van der Waals surface area (Å²) in [4.78, 5) is 20.0. The highest BCUT2D eigenvalue weighted by Gasteiger charge is 2.24. The van der Waals surface area contributed by atoms with E-state index in [2.05, 4.69) is 43.7 Å². The number of rotatable bonds is 3. The van der Waals surface area contributed by atoms with E-state index in [1.165, 1.54) is 5.56 Å². The van der Waals surface area contributed by atoms with Gasteiger partial charge in [0, 0.05) is 36.8 Å². The Kier molecular flexibility index (Phi) is 4.42. The molecule has 1 atom stereocenters. The largest absolute Gasteiger partial charge is 0.368 e. The van der Waals surface area contributed by atoms with Gasteiger partial charge in [0.25, 0.3) is 0 Å². The zero-order valence-corrected chi connectivity index (χ0v) is 12.9. The van der Waals surface area contributed by atoms with Gasteiger partial charge in [0.1, 0.15) is 5.82 Å². The van der Waals surface area contributed by atoms with E-state index in [1.54, 1.807) is 0 Å². The molecule has 19 heavy (non-hydrogen) atoms. The maximum Gasteiger partial charge on any atom is 0.234 e. The maximum absolute atomic E-state index is 11.2. The molecule has 1 fully saturated rings. The van der Waals surface area contributed by atoms with Crippen LogP contribution in [0.4, 0.5) is 5.82 Å². The molecule has 5 nitrogen and oxygen atoms in total. The van der Waals surface area contributed by atoms with E-state index in [0.29, 0.717) is 0 Å². The highest BCUT2D eigenvalue weighted by molar-refractivity contribution is 9.10. The number of halogens is 1. The van der Waals surface area contributed by atoms with Crippen LogP contribution in [-0.2, 0) is 4.79 Å². The van der Waals surface area contributed by atoms with Gasteiger partial charge in [-0.15, -0.1) is 0 Å². The van der Waals surface area contributed by atoms with Crippen molar-refractivity contribution >= 4 is 27.7 Å². The first-order chi connectivity index (χ1) is 8.99. The fourth-order valence-electron chi connectivity index (χ4n) is 2.22. The van der Waals surface area contributed by atoms with Gasteiger partial charge in [0.15, 0.2) is 0 Å². The molecular weight excluding hydrogens is 308 g/mol. The van der Waals surface area contributed by atoms with E-state index in [1.807, 2.05) is 13.1 Å². The fraction of sp³-hybridized carbons (Fsp3) is 0.538. The van der Waals surface area contributed by atoms with Gasteiger partial charge in [-0.1, -0.05) is 0 Å². The molecule has 0 unspecified atom stereocenters. The highest BCUT2D eigenvalue weighted by Crippen LogP contribution is 2.21. The minimum absolute atomic E-state index is 0.193. The highest BCUT2D eigenvalue weighted by atomic mass is 79.9. The Morgan fingerprint density at radius 2 is 2.05 bits per heavy atom. The normalized spacial score (nSPS) is 18.4. The van der Waals surface area contributed by atoms with E-state index in [9.17, 15) is 4.79 Å². The summed E-state index contributed by atoms with van der Waals surface area (Å²) in [6.07, 6.45) is 1.84. The molecule has 0 saturated carbocycles. The number of amides is 1. The first-order valence-corrected chi connectivity index (χ1v) is 7.19. The van der Waals surface area contributed by atoms with E-state index in [-0.39, 0.29) is 11.9 Å². The predicted octanol–water partition coefficient (Wildman–Crippen LogP) is 1.15. The second-order valence-corrected chi connectivity index (χ2v) is 5.75. The molecule has 1 amide bonds. The third-order valence-corrected chi connectivity index (χ3v) is 4.46. The van der Waals surface area contributed by atoms with Gasteiger partial charge < -0.3 is 10.6 Å². The number of nitrogens with two attached hydrogens (primary N) is 1. The van der Waals surface area contributed by atoms with Crippen LogP contribution in [0.3, 0.4) is 0 Å². The van der Waals surface area contributed by atoms with E-state index < -0.39 is 0 Å². The summed E-state index contributed by atoms with van der Waals surface area (Å²) >= 11 is 3.46. The number of aryl methyl sites for hydroxylation is 1. The first-order valence-electron chi connectivity index (χ1n) is 6.39. The number of carbonyl (C=O) groups is 1. The smallest absolute Gasteiger partial charge is 0.234 e. The number of hydrogen-bond acceptors (Lipinski definition) is 4. The molecule has 6 heteroatoms. The Hall–Kier alpha value is -1.14. The molecule has 1 aromatic heterocycles. The van der Waals surface area contributed by atoms with Crippen molar-refractivity contribution in [2.24, 2.45) is 5.73 Å². The van der Waals surface area contributed by atoms with Gasteiger partial charge in [-0.2, -0.15) is 0 Å². The molecule has 0 aliphatic carbocycles. The summed E-state index contributed by atoms with van der Waals surface area (Å²) in [6.45, 7) is 7.32. The number of nitrogens with zero attached hydrogens (tertiary/aromatic N) is 3. The van der Waals surface area contributed by atoms with Gasteiger partial charge in [-0.25, -0.2) is 4.98 Å². The van der Waals surface area contributed by atoms with E-state index >= 15 is 0 Å². The number of piperazine rings is 1. The van der Waals surface area contributed by atoms with Crippen molar-refractivity contribution < 1.29 is 4.79 Å². The van der Waals surface area contributed by atoms with Crippen LogP contribution >= 0.6 is 15.9 Å². The van der Waals surface area contributed by atoms with Crippen LogP contribution in [0.15, 0.2) is 16.7 Å². The zero-order chi connectivity index (χ0) is 14.0. The maximum atomic E-state index is 11.2. The van der Waals surface area contributed by atoms with Crippen molar-refractivity contribution in [3.63, 3.8) is 0 Å². The van der Waals surface area contributed by atoms with Gasteiger partial charge in [-0.05, 0) is 41.4 Å². The number of pyridine rings is 1. The van der Waals surface area contributed by atoms with Crippen molar-refractivity contribution in [2.75, 3.05) is 31.1 Å². The topological polar surface area (TPSA) is 62.5 Å². The average Bonchev–Trinajstić information content (AvgIpc) is 2.41. The molecule has 1 saturated heterocycles. The Balaban J connectivity index is 1.99. The Morgan fingerprint density at radius 3 is 2.58 bits per heavy atom. The standard InChI is InChI=1S/C13H19BrN4O/c1-9-7-12(16-8-11(9)14)18-5-3-17(4-6-18)10(2)13(15)19/h7-8,10H,3-6H2,1-2H3,(H2,15,19)/t10-/m0/s1. The summed E-state index contributed by atoms with van der Waals surface area (Å²) < 4.78 is 1.03. The van der Waals surface area contributed by atoms with Crippen LogP contribution in [0.5, 0.6) is 0 Å². The second kappa shape index (κ2) is 5.88. The number of anilines is 1. The minimum Gasteiger partial charge on any atom is -0.368 e. The lowest BCUT2D eigenvalue weighted by Gasteiger charge is -2.37. The number of hydrogen-bond donors (Lipinski definition) is 1. The first kappa shape index (κ1) is 14.3.